The number of hydrogen-bond donors (Lipinski definition) is 1. The highest BCUT2D eigenvalue weighted by molar-refractivity contribution is 5.48. The van der Waals surface area contributed by atoms with E-state index in [0.29, 0.717) is 17.0 Å². The maximum absolute atomic E-state index is 10.9. The van der Waals surface area contributed by atoms with Crippen molar-refractivity contribution in [2.24, 2.45) is 0 Å². The van der Waals surface area contributed by atoms with Crippen molar-refractivity contribution < 1.29 is 19.3 Å². The molecular weight excluding hydrogens is 252 g/mol. The Balaban J connectivity index is 2.17. The van der Waals surface area contributed by atoms with Gasteiger partial charge in [-0.1, -0.05) is 11.2 Å². The van der Waals surface area contributed by atoms with Crippen LogP contribution in [0.3, 0.4) is 0 Å². The Bertz CT molecular complexity index is 594. The summed E-state index contributed by atoms with van der Waals surface area (Å²) >= 11 is 0. The average molecular weight is 264 g/mol. The Kier molecular flexibility index (Phi) is 3.76. The number of nitro benzene ring substituents is 1. The minimum absolute atomic E-state index is 0.0557. The van der Waals surface area contributed by atoms with Crippen LogP contribution in [0.2, 0.25) is 0 Å². The molecule has 0 saturated heterocycles. The minimum atomic E-state index is -0.555. The van der Waals surface area contributed by atoms with Crippen LogP contribution in [0.1, 0.15) is 17.0 Å². The van der Waals surface area contributed by atoms with Crippen molar-refractivity contribution in [2.75, 3.05) is 0 Å². The number of ether oxygens (including phenoxy) is 1. The molecule has 1 aromatic carbocycles. The molecule has 19 heavy (non-hydrogen) atoms. The van der Waals surface area contributed by atoms with Gasteiger partial charge in [0.15, 0.2) is 11.5 Å². The molecule has 7 nitrogen and oxygen atoms in total. The third-order valence-electron chi connectivity index (χ3n) is 2.45. The molecule has 2 aromatic rings. The quantitative estimate of drug-likeness (QED) is 0.654. The molecule has 0 aliphatic rings. The monoisotopic (exact) mass is 264 g/mol. The van der Waals surface area contributed by atoms with E-state index in [-0.39, 0.29) is 24.7 Å². The number of nitrogens with zero attached hydrogens (tertiary/aromatic N) is 2. The lowest BCUT2D eigenvalue weighted by Crippen LogP contribution is -1.99. The maximum Gasteiger partial charge on any atom is 0.311 e. The van der Waals surface area contributed by atoms with Crippen LogP contribution in [-0.4, -0.2) is 15.2 Å². The zero-order valence-corrected chi connectivity index (χ0v) is 10.2. The SMILES string of the molecule is Cc1cc(COc2ccc(CO)cc2[N+](=O)[O-])on1. The molecule has 7 heteroatoms. The fourth-order valence-electron chi connectivity index (χ4n) is 1.56. The molecule has 0 aliphatic heterocycles. The zero-order chi connectivity index (χ0) is 13.8. The predicted octanol–water partition coefficient (Wildman–Crippen LogP) is 1.96. The second-order valence-corrected chi connectivity index (χ2v) is 3.94. The summed E-state index contributed by atoms with van der Waals surface area (Å²) < 4.78 is 10.3. The van der Waals surface area contributed by atoms with E-state index in [1.165, 1.54) is 12.1 Å². The Hall–Kier alpha value is -2.41. The molecule has 0 spiro atoms. The van der Waals surface area contributed by atoms with Gasteiger partial charge in [0.2, 0.25) is 0 Å². The first-order valence-corrected chi connectivity index (χ1v) is 5.53. The van der Waals surface area contributed by atoms with E-state index in [2.05, 4.69) is 5.16 Å². The Labute approximate surface area is 108 Å². The summed E-state index contributed by atoms with van der Waals surface area (Å²) in [6.07, 6.45) is 0. The number of hydrogen-bond acceptors (Lipinski definition) is 6. The topological polar surface area (TPSA) is 98.6 Å². The Morgan fingerprint density at radius 1 is 1.47 bits per heavy atom. The van der Waals surface area contributed by atoms with Gasteiger partial charge < -0.3 is 14.4 Å². The number of aromatic nitrogens is 1. The first kappa shape index (κ1) is 13.0. The minimum Gasteiger partial charge on any atom is -0.479 e. The van der Waals surface area contributed by atoms with E-state index in [0.717, 1.165) is 0 Å². The van der Waals surface area contributed by atoms with Crippen LogP contribution in [0.5, 0.6) is 5.75 Å². The van der Waals surface area contributed by atoms with E-state index in [9.17, 15) is 10.1 Å². The van der Waals surface area contributed by atoms with Gasteiger partial charge in [-0.2, -0.15) is 0 Å². The zero-order valence-electron chi connectivity index (χ0n) is 10.2. The lowest BCUT2D eigenvalue weighted by molar-refractivity contribution is -0.386. The first-order chi connectivity index (χ1) is 9.10. The van der Waals surface area contributed by atoms with Crippen molar-refractivity contribution in [3.8, 4) is 5.75 Å². The standard InChI is InChI=1S/C12H12N2O5/c1-8-4-10(19-13-8)7-18-12-3-2-9(6-15)5-11(12)14(16)17/h2-5,15H,6-7H2,1H3. The van der Waals surface area contributed by atoms with Crippen molar-refractivity contribution >= 4 is 5.69 Å². The number of rotatable bonds is 5. The lowest BCUT2D eigenvalue weighted by atomic mass is 10.2. The van der Waals surface area contributed by atoms with Crippen LogP contribution >= 0.6 is 0 Å². The van der Waals surface area contributed by atoms with Crippen LogP contribution in [0, 0.1) is 17.0 Å². The van der Waals surface area contributed by atoms with E-state index in [1.807, 2.05) is 0 Å². The first-order valence-electron chi connectivity index (χ1n) is 5.53. The van der Waals surface area contributed by atoms with Crippen LogP contribution in [0.25, 0.3) is 0 Å². The average Bonchev–Trinajstić information content (AvgIpc) is 2.82. The van der Waals surface area contributed by atoms with Gasteiger partial charge >= 0.3 is 5.69 Å². The normalized spacial score (nSPS) is 10.4. The van der Waals surface area contributed by atoms with Gasteiger partial charge in [0.25, 0.3) is 0 Å². The van der Waals surface area contributed by atoms with Gasteiger partial charge in [-0.15, -0.1) is 0 Å². The number of aliphatic hydroxyl groups is 1. The molecule has 0 saturated carbocycles. The third-order valence-corrected chi connectivity index (χ3v) is 2.45. The molecule has 1 heterocycles. The molecule has 0 unspecified atom stereocenters. The van der Waals surface area contributed by atoms with E-state index in [4.69, 9.17) is 14.4 Å². The highest BCUT2D eigenvalue weighted by Gasteiger charge is 2.16. The van der Waals surface area contributed by atoms with Crippen LogP contribution < -0.4 is 4.74 Å². The summed E-state index contributed by atoms with van der Waals surface area (Å²) in [6.45, 7) is 1.56. The Morgan fingerprint density at radius 3 is 2.84 bits per heavy atom. The van der Waals surface area contributed by atoms with Crippen LogP contribution in [0.4, 0.5) is 5.69 Å². The Morgan fingerprint density at radius 2 is 2.26 bits per heavy atom. The second-order valence-electron chi connectivity index (χ2n) is 3.94. The fraction of sp³-hybridized carbons (Fsp3) is 0.250. The van der Waals surface area contributed by atoms with Gasteiger partial charge in [0, 0.05) is 12.1 Å². The molecule has 0 fully saturated rings. The maximum atomic E-state index is 10.9. The summed E-state index contributed by atoms with van der Waals surface area (Å²) in [6, 6.07) is 5.98. The van der Waals surface area contributed by atoms with Crippen molar-refractivity contribution in [1.82, 2.24) is 5.16 Å². The van der Waals surface area contributed by atoms with E-state index >= 15 is 0 Å². The van der Waals surface area contributed by atoms with Gasteiger partial charge in [0.05, 0.1) is 17.2 Å². The van der Waals surface area contributed by atoms with Gasteiger partial charge in [0.1, 0.15) is 6.61 Å². The molecule has 100 valence electrons. The third kappa shape index (κ3) is 3.08. The van der Waals surface area contributed by atoms with Crippen molar-refractivity contribution in [1.29, 1.82) is 0 Å². The summed E-state index contributed by atoms with van der Waals surface area (Å²) in [4.78, 5) is 10.4. The van der Waals surface area contributed by atoms with Crippen LogP contribution in [-0.2, 0) is 13.2 Å². The van der Waals surface area contributed by atoms with Crippen LogP contribution in [0.15, 0.2) is 28.8 Å². The molecule has 0 aliphatic carbocycles. The number of nitro groups is 1. The molecule has 1 N–H and O–H groups in total. The number of aliphatic hydroxyl groups excluding tert-OH is 1. The van der Waals surface area contributed by atoms with E-state index < -0.39 is 4.92 Å². The molecule has 1 aromatic heterocycles. The molecular formula is C12H12N2O5. The summed E-state index contributed by atoms with van der Waals surface area (Å²) in [5.41, 5.74) is 0.973. The largest absolute Gasteiger partial charge is 0.479 e. The lowest BCUT2D eigenvalue weighted by Gasteiger charge is -2.05. The summed E-state index contributed by atoms with van der Waals surface area (Å²) in [5, 5.41) is 23.6. The molecule has 0 radical (unpaired) electrons. The van der Waals surface area contributed by atoms with Gasteiger partial charge in [-0.05, 0) is 18.6 Å². The highest BCUT2D eigenvalue weighted by Crippen LogP contribution is 2.28. The van der Waals surface area contributed by atoms with Crippen molar-refractivity contribution in [3.05, 3.63) is 51.4 Å². The molecule has 0 bridgehead atoms. The fourth-order valence-corrected chi connectivity index (χ4v) is 1.56. The van der Waals surface area contributed by atoms with Crippen molar-refractivity contribution in [2.45, 2.75) is 20.1 Å². The number of benzene rings is 1. The smallest absolute Gasteiger partial charge is 0.311 e. The van der Waals surface area contributed by atoms with E-state index in [1.54, 1.807) is 19.1 Å². The highest BCUT2D eigenvalue weighted by atomic mass is 16.6. The molecule has 0 amide bonds. The van der Waals surface area contributed by atoms with Gasteiger partial charge in [-0.3, -0.25) is 10.1 Å². The molecule has 0 atom stereocenters. The van der Waals surface area contributed by atoms with Gasteiger partial charge in [-0.25, -0.2) is 0 Å². The second kappa shape index (κ2) is 5.49. The summed E-state index contributed by atoms with van der Waals surface area (Å²) in [5.74, 6) is 0.606. The van der Waals surface area contributed by atoms with Crippen molar-refractivity contribution in [3.63, 3.8) is 0 Å². The molecule has 2 rings (SSSR count). The number of aryl methyl sites for hydroxylation is 1. The summed E-state index contributed by atoms with van der Waals surface area (Å²) in [7, 11) is 0. The predicted molar refractivity (Wildman–Crippen MR) is 64.6 cm³/mol.